The van der Waals surface area contributed by atoms with Crippen LogP contribution >= 0.6 is 0 Å². The number of para-hydroxylation sites is 1. The van der Waals surface area contributed by atoms with Gasteiger partial charge in [-0.05, 0) is 67.9 Å². The monoisotopic (exact) mass is 385 g/mol. The maximum absolute atomic E-state index is 11.0. The van der Waals surface area contributed by atoms with E-state index < -0.39 is 23.9 Å². The first kappa shape index (κ1) is 19.6. The average molecular weight is 386 g/mol. The Balaban J connectivity index is 1.56. The van der Waals surface area contributed by atoms with Crippen molar-refractivity contribution in [1.29, 1.82) is 0 Å². The zero-order chi connectivity index (χ0) is 20.1. The summed E-state index contributed by atoms with van der Waals surface area (Å²) >= 11 is 0. The molecule has 2 aliphatic rings. The van der Waals surface area contributed by atoms with Crippen molar-refractivity contribution in [1.82, 2.24) is 4.98 Å². The number of rotatable bonds is 4. The van der Waals surface area contributed by atoms with Crippen LogP contribution in [0, 0.1) is 17.8 Å². The lowest BCUT2D eigenvalue weighted by molar-refractivity contribution is -0.123. The van der Waals surface area contributed by atoms with E-state index in [1.807, 2.05) is 12.1 Å². The van der Waals surface area contributed by atoms with Gasteiger partial charge in [-0.15, -0.1) is 0 Å². The van der Waals surface area contributed by atoms with Crippen LogP contribution in [0.25, 0.3) is 10.9 Å². The van der Waals surface area contributed by atoms with Crippen molar-refractivity contribution in [2.45, 2.75) is 56.3 Å². The van der Waals surface area contributed by atoms with Gasteiger partial charge in [-0.2, -0.15) is 0 Å². The highest BCUT2D eigenvalue weighted by atomic mass is 16.4. The third-order valence-electron chi connectivity index (χ3n) is 7.35. The topological polar surface area (TPSA) is 96.7 Å². The lowest BCUT2D eigenvalue weighted by Gasteiger charge is -2.36. The SMILES string of the molecule is C=C(Cc1cc2ccccc2[nH]1)[C@H]1CC[C@@](C)(O)[C@H]2C[C@@H](O)[C@@](O)(CO)[C@H]2C1. The van der Waals surface area contributed by atoms with Crippen LogP contribution < -0.4 is 0 Å². The summed E-state index contributed by atoms with van der Waals surface area (Å²) in [7, 11) is 0. The highest BCUT2D eigenvalue weighted by Crippen LogP contribution is 2.53. The third-order valence-corrected chi connectivity index (χ3v) is 7.35. The first-order valence-corrected chi connectivity index (χ1v) is 10.2. The van der Waals surface area contributed by atoms with Gasteiger partial charge in [0.1, 0.15) is 5.60 Å². The Bertz CT molecular complexity index is 839. The zero-order valence-corrected chi connectivity index (χ0v) is 16.4. The van der Waals surface area contributed by atoms with E-state index in [2.05, 4.69) is 29.8 Å². The van der Waals surface area contributed by atoms with Gasteiger partial charge < -0.3 is 25.4 Å². The second-order valence-corrected chi connectivity index (χ2v) is 9.16. The number of aromatic nitrogens is 1. The summed E-state index contributed by atoms with van der Waals surface area (Å²) in [6.45, 7) is 5.63. The molecule has 2 aromatic rings. The van der Waals surface area contributed by atoms with Crippen molar-refractivity contribution < 1.29 is 20.4 Å². The van der Waals surface area contributed by atoms with E-state index in [-0.39, 0.29) is 17.8 Å². The van der Waals surface area contributed by atoms with Gasteiger partial charge >= 0.3 is 0 Å². The van der Waals surface area contributed by atoms with Crippen LogP contribution in [0.5, 0.6) is 0 Å². The number of benzene rings is 1. The van der Waals surface area contributed by atoms with Crippen LogP contribution in [-0.4, -0.2) is 49.3 Å². The molecule has 5 N–H and O–H groups in total. The Labute approximate surface area is 165 Å². The van der Waals surface area contributed by atoms with Gasteiger partial charge in [0.2, 0.25) is 0 Å². The van der Waals surface area contributed by atoms with Crippen LogP contribution in [0.4, 0.5) is 0 Å². The number of aliphatic hydroxyl groups is 4. The molecule has 1 aromatic carbocycles. The number of aliphatic hydroxyl groups excluding tert-OH is 2. The molecule has 2 saturated carbocycles. The van der Waals surface area contributed by atoms with E-state index in [1.54, 1.807) is 6.92 Å². The number of hydrogen-bond acceptors (Lipinski definition) is 4. The van der Waals surface area contributed by atoms with E-state index in [1.165, 1.54) is 5.39 Å². The molecule has 5 nitrogen and oxygen atoms in total. The fourth-order valence-electron chi connectivity index (χ4n) is 5.55. The van der Waals surface area contributed by atoms with Gasteiger partial charge in [0.25, 0.3) is 0 Å². The molecule has 0 unspecified atom stereocenters. The van der Waals surface area contributed by atoms with Crippen molar-refractivity contribution in [2.24, 2.45) is 17.8 Å². The molecule has 2 aliphatic carbocycles. The Morgan fingerprint density at radius 2 is 1.96 bits per heavy atom. The fourth-order valence-corrected chi connectivity index (χ4v) is 5.55. The Kier molecular flexibility index (Phi) is 4.91. The second kappa shape index (κ2) is 6.99. The normalized spacial score (nSPS) is 38.3. The summed E-state index contributed by atoms with van der Waals surface area (Å²) in [4.78, 5) is 3.44. The van der Waals surface area contributed by atoms with Crippen molar-refractivity contribution in [2.75, 3.05) is 6.61 Å². The van der Waals surface area contributed by atoms with Crippen LogP contribution in [-0.2, 0) is 6.42 Å². The Morgan fingerprint density at radius 1 is 1.21 bits per heavy atom. The Hall–Kier alpha value is -1.66. The zero-order valence-electron chi connectivity index (χ0n) is 16.4. The minimum absolute atomic E-state index is 0.122. The predicted octanol–water partition coefficient (Wildman–Crippen LogP) is 2.54. The summed E-state index contributed by atoms with van der Waals surface area (Å²) in [5, 5.41) is 43.4. The molecule has 5 heteroatoms. The minimum atomic E-state index is -1.56. The Morgan fingerprint density at radius 3 is 2.68 bits per heavy atom. The van der Waals surface area contributed by atoms with E-state index >= 15 is 0 Å². The van der Waals surface area contributed by atoms with E-state index in [0.717, 1.165) is 23.2 Å². The maximum Gasteiger partial charge on any atom is 0.117 e. The lowest BCUT2D eigenvalue weighted by Crippen LogP contribution is -2.49. The van der Waals surface area contributed by atoms with Crippen LogP contribution in [0.2, 0.25) is 0 Å². The summed E-state index contributed by atoms with van der Waals surface area (Å²) in [6.07, 6.45) is 2.01. The average Bonchev–Trinajstić information content (AvgIpc) is 3.13. The quantitative estimate of drug-likeness (QED) is 0.523. The highest BCUT2D eigenvalue weighted by molar-refractivity contribution is 5.80. The number of allylic oxidation sites excluding steroid dienone is 1. The molecule has 0 radical (unpaired) electrons. The van der Waals surface area contributed by atoms with Gasteiger partial charge in [0, 0.05) is 17.6 Å². The van der Waals surface area contributed by atoms with Crippen LogP contribution in [0.1, 0.15) is 38.3 Å². The maximum atomic E-state index is 11.0. The minimum Gasteiger partial charge on any atom is -0.393 e. The lowest BCUT2D eigenvalue weighted by atomic mass is 9.75. The molecule has 1 aromatic heterocycles. The van der Waals surface area contributed by atoms with Crippen molar-refractivity contribution >= 4 is 10.9 Å². The first-order valence-electron chi connectivity index (χ1n) is 10.2. The summed E-state index contributed by atoms with van der Waals surface area (Å²) in [5.41, 5.74) is 0.732. The molecular weight excluding hydrogens is 354 g/mol. The van der Waals surface area contributed by atoms with Gasteiger partial charge in [-0.3, -0.25) is 0 Å². The molecule has 0 aliphatic heterocycles. The van der Waals surface area contributed by atoms with Gasteiger partial charge in [0.15, 0.2) is 0 Å². The summed E-state index contributed by atoms with van der Waals surface area (Å²) in [6, 6.07) is 10.3. The molecule has 2 fully saturated rings. The van der Waals surface area contributed by atoms with E-state index in [0.29, 0.717) is 25.7 Å². The number of H-pyrrole nitrogens is 1. The molecule has 1 heterocycles. The summed E-state index contributed by atoms with van der Waals surface area (Å²) < 4.78 is 0. The van der Waals surface area contributed by atoms with Crippen LogP contribution in [0.15, 0.2) is 42.5 Å². The van der Waals surface area contributed by atoms with Crippen molar-refractivity contribution in [3.8, 4) is 0 Å². The molecule has 4 rings (SSSR count). The number of hydrogen-bond donors (Lipinski definition) is 5. The molecule has 0 amide bonds. The van der Waals surface area contributed by atoms with Gasteiger partial charge in [0.05, 0.1) is 18.3 Å². The molecule has 28 heavy (non-hydrogen) atoms. The molecule has 152 valence electrons. The molecule has 0 saturated heterocycles. The number of aromatic amines is 1. The number of nitrogens with one attached hydrogen (secondary N) is 1. The van der Waals surface area contributed by atoms with Gasteiger partial charge in [-0.25, -0.2) is 0 Å². The number of fused-ring (bicyclic) bond motifs is 2. The largest absolute Gasteiger partial charge is 0.393 e. The fraction of sp³-hybridized carbons (Fsp3) is 0.565. The third kappa shape index (κ3) is 3.20. The first-order chi connectivity index (χ1) is 13.2. The van der Waals surface area contributed by atoms with Gasteiger partial charge in [-0.1, -0.05) is 30.4 Å². The summed E-state index contributed by atoms with van der Waals surface area (Å²) in [5.74, 6) is -0.462. The standard InChI is InChI=1S/C23H31NO4/c1-14(9-17-10-16-5-3-4-6-20(16)24-17)15-7-8-22(2,27)18-12-21(26)23(28,13-25)19(18)11-15/h3-6,10,15,18-19,21,24-28H,1,7-9,11-13H2,2H3/t15-,18-,19-,21+,22+,23+/m0/s1. The molecule has 0 spiro atoms. The predicted molar refractivity (Wildman–Crippen MR) is 109 cm³/mol. The van der Waals surface area contributed by atoms with E-state index in [9.17, 15) is 20.4 Å². The van der Waals surface area contributed by atoms with Crippen LogP contribution in [0.3, 0.4) is 0 Å². The molecule has 6 atom stereocenters. The second-order valence-electron chi connectivity index (χ2n) is 9.16. The van der Waals surface area contributed by atoms with Crippen molar-refractivity contribution in [3.05, 3.63) is 48.2 Å². The molecule has 0 bridgehead atoms. The van der Waals surface area contributed by atoms with Crippen molar-refractivity contribution in [3.63, 3.8) is 0 Å². The van der Waals surface area contributed by atoms with E-state index in [4.69, 9.17) is 0 Å². The molecular formula is C23H31NO4. The smallest absolute Gasteiger partial charge is 0.117 e. The highest BCUT2D eigenvalue weighted by Gasteiger charge is 2.59.